The zero-order valence-electron chi connectivity index (χ0n) is 11.2. The molecule has 0 atom stereocenters. The molecule has 0 N–H and O–H groups in total. The largest absolute Gasteiger partial charge is 0.273 e. The van der Waals surface area contributed by atoms with Gasteiger partial charge >= 0.3 is 0 Å². The van der Waals surface area contributed by atoms with Gasteiger partial charge in [0.2, 0.25) is 5.91 Å². The van der Waals surface area contributed by atoms with Crippen molar-refractivity contribution in [2.75, 3.05) is 0 Å². The SMILES string of the molecule is O=C1CC(c2ccccc2)=NN1C1CCCCCC1. The van der Waals surface area contributed by atoms with E-state index in [0.717, 1.165) is 24.1 Å². The molecule has 0 unspecified atom stereocenters. The summed E-state index contributed by atoms with van der Waals surface area (Å²) in [5, 5.41) is 6.38. The lowest BCUT2D eigenvalue weighted by Crippen LogP contribution is -2.32. The Morgan fingerprint density at radius 2 is 1.68 bits per heavy atom. The molecule has 0 aromatic heterocycles. The highest BCUT2D eigenvalue weighted by Gasteiger charge is 2.30. The summed E-state index contributed by atoms with van der Waals surface area (Å²) in [4.78, 5) is 12.2. The quantitative estimate of drug-likeness (QED) is 0.747. The number of hydrazone groups is 1. The molecule has 1 aromatic carbocycles. The topological polar surface area (TPSA) is 32.7 Å². The molecule has 0 radical (unpaired) electrons. The Balaban J connectivity index is 1.79. The second-order valence-electron chi connectivity index (χ2n) is 5.47. The highest BCUT2D eigenvalue weighted by molar-refractivity contribution is 6.13. The van der Waals surface area contributed by atoms with Crippen LogP contribution >= 0.6 is 0 Å². The average molecular weight is 256 g/mol. The van der Waals surface area contributed by atoms with Crippen molar-refractivity contribution in [2.45, 2.75) is 51.0 Å². The minimum Gasteiger partial charge on any atom is -0.273 e. The standard InChI is InChI=1S/C16H20N2O/c19-16-12-15(13-8-4-3-5-9-13)17-18(16)14-10-6-1-2-7-11-14/h3-5,8-9,14H,1-2,6-7,10-12H2. The Morgan fingerprint density at radius 3 is 2.37 bits per heavy atom. The van der Waals surface area contributed by atoms with Gasteiger partial charge in [0.1, 0.15) is 0 Å². The fraction of sp³-hybridized carbons (Fsp3) is 0.500. The van der Waals surface area contributed by atoms with Crippen LogP contribution in [-0.2, 0) is 4.79 Å². The lowest BCUT2D eigenvalue weighted by molar-refractivity contribution is -0.131. The van der Waals surface area contributed by atoms with Crippen LogP contribution in [0, 0.1) is 0 Å². The normalized spacial score (nSPS) is 21.4. The molecule has 0 saturated heterocycles. The molecule has 1 aliphatic heterocycles. The van der Waals surface area contributed by atoms with Gasteiger partial charge in [-0.1, -0.05) is 56.0 Å². The summed E-state index contributed by atoms with van der Waals surface area (Å²) < 4.78 is 0. The average Bonchev–Trinajstić information content (AvgIpc) is 2.66. The van der Waals surface area contributed by atoms with Gasteiger partial charge in [-0.05, 0) is 18.4 Å². The van der Waals surface area contributed by atoms with E-state index in [2.05, 4.69) is 5.10 Å². The molecule has 3 nitrogen and oxygen atoms in total. The zero-order chi connectivity index (χ0) is 13.1. The van der Waals surface area contributed by atoms with Crippen LogP contribution in [-0.4, -0.2) is 22.7 Å². The maximum atomic E-state index is 12.2. The molecule has 1 aliphatic carbocycles. The van der Waals surface area contributed by atoms with E-state index in [9.17, 15) is 4.79 Å². The summed E-state index contributed by atoms with van der Waals surface area (Å²) in [6.45, 7) is 0. The third kappa shape index (κ3) is 2.70. The lowest BCUT2D eigenvalue weighted by Gasteiger charge is -2.22. The van der Waals surface area contributed by atoms with E-state index in [1.54, 1.807) is 5.01 Å². The first-order valence-electron chi connectivity index (χ1n) is 7.29. The first-order valence-corrected chi connectivity index (χ1v) is 7.29. The maximum absolute atomic E-state index is 12.2. The third-order valence-electron chi connectivity index (χ3n) is 4.08. The van der Waals surface area contributed by atoms with Gasteiger partial charge in [-0.25, -0.2) is 5.01 Å². The van der Waals surface area contributed by atoms with Crippen LogP contribution < -0.4 is 0 Å². The number of hydrogen-bond donors (Lipinski definition) is 0. The van der Waals surface area contributed by atoms with Crippen molar-refractivity contribution in [3.05, 3.63) is 35.9 Å². The Bertz CT molecular complexity index is 473. The number of nitrogens with zero attached hydrogens (tertiary/aromatic N) is 2. The van der Waals surface area contributed by atoms with Crippen molar-refractivity contribution in [3.8, 4) is 0 Å². The van der Waals surface area contributed by atoms with Gasteiger partial charge in [0.15, 0.2) is 0 Å². The summed E-state index contributed by atoms with van der Waals surface area (Å²) in [6, 6.07) is 10.4. The van der Waals surface area contributed by atoms with Crippen molar-refractivity contribution in [1.29, 1.82) is 0 Å². The van der Waals surface area contributed by atoms with Crippen LogP contribution in [0.3, 0.4) is 0 Å². The summed E-state index contributed by atoms with van der Waals surface area (Å²) in [5.74, 6) is 0.172. The monoisotopic (exact) mass is 256 g/mol. The van der Waals surface area contributed by atoms with Gasteiger partial charge in [0.25, 0.3) is 0 Å². The fourth-order valence-corrected chi connectivity index (χ4v) is 3.02. The van der Waals surface area contributed by atoms with Crippen LogP contribution in [0.5, 0.6) is 0 Å². The molecule has 1 saturated carbocycles. The predicted octanol–water partition coefficient (Wildman–Crippen LogP) is 3.35. The fourth-order valence-electron chi connectivity index (χ4n) is 3.02. The predicted molar refractivity (Wildman–Crippen MR) is 75.9 cm³/mol. The second kappa shape index (κ2) is 5.55. The number of amides is 1. The molecule has 0 spiro atoms. The highest BCUT2D eigenvalue weighted by atomic mass is 16.2. The molecule has 1 aromatic rings. The minimum atomic E-state index is 0.172. The van der Waals surface area contributed by atoms with E-state index < -0.39 is 0 Å². The van der Waals surface area contributed by atoms with Gasteiger partial charge in [-0.3, -0.25) is 4.79 Å². The van der Waals surface area contributed by atoms with Crippen molar-refractivity contribution in [3.63, 3.8) is 0 Å². The zero-order valence-corrected chi connectivity index (χ0v) is 11.2. The molecule has 1 heterocycles. The highest BCUT2D eigenvalue weighted by Crippen LogP contribution is 2.26. The Hall–Kier alpha value is -1.64. The molecule has 19 heavy (non-hydrogen) atoms. The summed E-state index contributed by atoms with van der Waals surface area (Å²) in [5.41, 5.74) is 2.00. The smallest absolute Gasteiger partial charge is 0.249 e. The van der Waals surface area contributed by atoms with E-state index >= 15 is 0 Å². The van der Waals surface area contributed by atoms with Gasteiger partial charge in [-0.15, -0.1) is 0 Å². The number of carbonyl (C=O) groups is 1. The van der Waals surface area contributed by atoms with Crippen LogP contribution in [0.25, 0.3) is 0 Å². The molecular formula is C16H20N2O. The van der Waals surface area contributed by atoms with Crippen LogP contribution in [0.2, 0.25) is 0 Å². The second-order valence-corrected chi connectivity index (χ2v) is 5.47. The van der Waals surface area contributed by atoms with Gasteiger partial charge in [0.05, 0.1) is 18.2 Å². The van der Waals surface area contributed by atoms with Gasteiger partial charge < -0.3 is 0 Å². The number of rotatable bonds is 2. The Labute approximate surface area is 114 Å². The Kier molecular flexibility index (Phi) is 3.62. The van der Waals surface area contributed by atoms with Gasteiger partial charge in [0, 0.05) is 0 Å². The molecule has 0 bridgehead atoms. The molecule has 100 valence electrons. The third-order valence-corrected chi connectivity index (χ3v) is 4.08. The molecule has 1 fully saturated rings. The number of carbonyl (C=O) groups excluding carboxylic acids is 1. The lowest BCUT2D eigenvalue weighted by atomic mass is 10.1. The van der Waals surface area contributed by atoms with E-state index in [-0.39, 0.29) is 5.91 Å². The van der Waals surface area contributed by atoms with E-state index in [1.165, 1.54) is 25.7 Å². The molecule has 3 heteroatoms. The Morgan fingerprint density at radius 1 is 1.00 bits per heavy atom. The number of benzene rings is 1. The molecule has 3 rings (SSSR count). The van der Waals surface area contributed by atoms with E-state index in [1.807, 2.05) is 30.3 Å². The summed E-state index contributed by atoms with van der Waals surface area (Å²) in [7, 11) is 0. The van der Waals surface area contributed by atoms with Crippen LogP contribution in [0.1, 0.15) is 50.5 Å². The molecular weight excluding hydrogens is 236 g/mol. The maximum Gasteiger partial charge on any atom is 0.249 e. The van der Waals surface area contributed by atoms with E-state index in [0.29, 0.717) is 12.5 Å². The van der Waals surface area contributed by atoms with Crippen molar-refractivity contribution < 1.29 is 4.79 Å². The molecule has 1 amide bonds. The summed E-state index contributed by atoms with van der Waals surface area (Å²) in [6.07, 6.45) is 7.73. The van der Waals surface area contributed by atoms with Gasteiger partial charge in [-0.2, -0.15) is 5.10 Å². The van der Waals surface area contributed by atoms with Crippen molar-refractivity contribution >= 4 is 11.6 Å². The first-order chi connectivity index (χ1) is 9.34. The van der Waals surface area contributed by atoms with E-state index in [4.69, 9.17) is 0 Å². The van der Waals surface area contributed by atoms with Crippen molar-refractivity contribution in [1.82, 2.24) is 5.01 Å². The minimum absolute atomic E-state index is 0.172. The number of hydrogen-bond acceptors (Lipinski definition) is 2. The van der Waals surface area contributed by atoms with Crippen molar-refractivity contribution in [2.24, 2.45) is 5.10 Å². The summed E-state index contributed by atoms with van der Waals surface area (Å²) >= 11 is 0. The van der Waals surface area contributed by atoms with Crippen LogP contribution in [0.4, 0.5) is 0 Å². The molecule has 2 aliphatic rings. The van der Waals surface area contributed by atoms with Crippen LogP contribution in [0.15, 0.2) is 35.4 Å². The first kappa shape index (κ1) is 12.4.